The summed E-state index contributed by atoms with van der Waals surface area (Å²) >= 11 is 0. The van der Waals surface area contributed by atoms with Crippen LogP contribution in [0.3, 0.4) is 0 Å². The van der Waals surface area contributed by atoms with Gasteiger partial charge in [-0.05, 0) is 38.8 Å². The first-order valence-electron chi connectivity index (χ1n) is 10.6. The first-order valence-corrected chi connectivity index (χ1v) is 12.1. The third kappa shape index (κ3) is 4.86. The molecule has 3 rings (SSSR count). The Bertz CT molecular complexity index is 1080. The number of carbonyl (C=O) groups is 2. The summed E-state index contributed by atoms with van der Waals surface area (Å²) in [5, 5.41) is 6.59. The van der Waals surface area contributed by atoms with E-state index < -0.39 is 16.1 Å². The lowest BCUT2D eigenvalue weighted by Crippen LogP contribution is -2.57. The average Bonchev–Trinajstić information content (AvgIpc) is 3.10. The number of amides is 2. The molecule has 1 atom stereocenters. The topological polar surface area (TPSA) is 113 Å². The van der Waals surface area contributed by atoms with Gasteiger partial charge >= 0.3 is 0 Å². The van der Waals surface area contributed by atoms with Gasteiger partial charge in [-0.1, -0.05) is 36.7 Å². The highest BCUT2D eigenvalue weighted by Crippen LogP contribution is 2.24. The van der Waals surface area contributed by atoms with Gasteiger partial charge in [0.15, 0.2) is 5.76 Å². The second-order valence-corrected chi connectivity index (χ2v) is 10.3. The molecule has 1 aromatic carbocycles. The van der Waals surface area contributed by atoms with Gasteiger partial charge in [0.05, 0.1) is 0 Å². The zero-order chi connectivity index (χ0) is 23.6. The molecule has 174 valence electrons. The highest BCUT2D eigenvalue weighted by molar-refractivity contribution is 7.89. The number of benzene rings is 1. The van der Waals surface area contributed by atoms with Gasteiger partial charge in [-0.15, -0.1) is 0 Å². The molecule has 32 heavy (non-hydrogen) atoms. The molecule has 1 fully saturated rings. The van der Waals surface area contributed by atoms with Crippen molar-refractivity contribution in [2.24, 2.45) is 5.92 Å². The zero-order valence-electron chi connectivity index (χ0n) is 19.1. The van der Waals surface area contributed by atoms with Gasteiger partial charge in [-0.3, -0.25) is 9.59 Å². The second-order valence-electron chi connectivity index (χ2n) is 8.45. The van der Waals surface area contributed by atoms with Crippen molar-refractivity contribution >= 4 is 21.8 Å². The van der Waals surface area contributed by atoms with Gasteiger partial charge in [-0.25, -0.2) is 8.42 Å². The molecule has 0 radical (unpaired) electrons. The van der Waals surface area contributed by atoms with E-state index in [4.69, 9.17) is 4.52 Å². The van der Waals surface area contributed by atoms with E-state index >= 15 is 0 Å². The minimum absolute atomic E-state index is 0.0859. The quantitative estimate of drug-likeness (QED) is 0.701. The number of aryl methyl sites for hydroxylation is 3. The van der Waals surface area contributed by atoms with E-state index in [1.807, 2.05) is 26.8 Å². The predicted molar refractivity (Wildman–Crippen MR) is 119 cm³/mol. The van der Waals surface area contributed by atoms with Crippen LogP contribution in [-0.4, -0.2) is 66.8 Å². The van der Waals surface area contributed by atoms with Crippen molar-refractivity contribution in [3.8, 4) is 0 Å². The van der Waals surface area contributed by atoms with E-state index in [1.165, 1.54) is 4.31 Å². The van der Waals surface area contributed by atoms with E-state index in [2.05, 4.69) is 10.5 Å². The predicted octanol–water partition coefficient (Wildman–Crippen LogP) is 1.89. The Hall–Kier alpha value is -2.72. The fourth-order valence-corrected chi connectivity index (χ4v) is 5.56. The maximum absolute atomic E-state index is 13.2. The molecule has 0 spiro atoms. The first-order chi connectivity index (χ1) is 15.0. The van der Waals surface area contributed by atoms with Gasteiger partial charge in [0.1, 0.15) is 16.6 Å². The molecule has 1 unspecified atom stereocenters. The van der Waals surface area contributed by atoms with E-state index in [1.54, 1.807) is 36.9 Å². The normalized spacial score (nSPS) is 16.2. The molecule has 0 saturated carbocycles. The lowest BCUT2D eigenvalue weighted by Gasteiger charge is -2.36. The summed E-state index contributed by atoms with van der Waals surface area (Å²) in [4.78, 5) is 27.6. The number of rotatable bonds is 6. The van der Waals surface area contributed by atoms with E-state index in [0.29, 0.717) is 11.3 Å². The van der Waals surface area contributed by atoms with Crippen molar-refractivity contribution in [3.05, 3.63) is 46.8 Å². The van der Waals surface area contributed by atoms with Crippen molar-refractivity contribution in [1.29, 1.82) is 0 Å². The van der Waals surface area contributed by atoms with Crippen LogP contribution in [0.15, 0.2) is 33.7 Å². The molecule has 1 aliphatic rings. The smallest absolute Gasteiger partial charge is 0.251 e. The van der Waals surface area contributed by atoms with Crippen LogP contribution in [0.2, 0.25) is 0 Å². The molecular formula is C22H30N4O5S. The number of aromatic nitrogens is 1. The number of piperazine rings is 1. The Morgan fingerprint density at radius 2 is 1.75 bits per heavy atom. The molecule has 2 heterocycles. The number of hydrogen-bond acceptors (Lipinski definition) is 6. The van der Waals surface area contributed by atoms with Crippen LogP contribution < -0.4 is 5.32 Å². The number of carbonyl (C=O) groups excluding carboxylic acids is 2. The third-order valence-corrected chi connectivity index (χ3v) is 7.76. The Kier molecular flexibility index (Phi) is 7.04. The average molecular weight is 463 g/mol. The van der Waals surface area contributed by atoms with Crippen molar-refractivity contribution < 1.29 is 22.5 Å². The van der Waals surface area contributed by atoms with Crippen molar-refractivity contribution in [1.82, 2.24) is 19.7 Å². The SMILES string of the molecule is Cc1cccc(C(=O)NC(C(=O)N2CCN(S(=O)(=O)c3c(C)noc3C)CC2)C(C)C)c1. The summed E-state index contributed by atoms with van der Waals surface area (Å²) < 4.78 is 32.4. The van der Waals surface area contributed by atoms with Gasteiger partial charge in [0.2, 0.25) is 15.9 Å². The van der Waals surface area contributed by atoms with Crippen LogP contribution >= 0.6 is 0 Å². The summed E-state index contributed by atoms with van der Waals surface area (Å²) in [5.41, 5.74) is 1.78. The van der Waals surface area contributed by atoms with Gasteiger partial charge in [0.25, 0.3) is 5.91 Å². The van der Waals surface area contributed by atoms with Gasteiger partial charge < -0.3 is 14.7 Å². The van der Waals surface area contributed by atoms with Crippen LogP contribution in [0.5, 0.6) is 0 Å². The molecule has 1 saturated heterocycles. The molecule has 0 bridgehead atoms. The number of hydrogen-bond donors (Lipinski definition) is 1. The van der Waals surface area contributed by atoms with Crippen LogP contribution in [0.4, 0.5) is 0 Å². The maximum atomic E-state index is 13.2. The molecule has 1 aromatic heterocycles. The monoisotopic (exact) mass is 462 g/mol. The van der Waals surface area contributed by atoms with Crippen molar-refractivity contribution in [3.63, 3.8) is 0 Å². The Balaban J connectivity index is 1.68. The van der Waals surface area contributed by atoms with Crippen LogP contribution in [0.1, 0.15) is 41.2 Å². The second kappa shape index (κ2) is 9.41. The Labute approximate surface area is 188 Å². The minimum atomic E-state index is -3.76. The Morgan fingerprint density at radius 1 is 1.09 bits per heavy atom. The van der Waals surface area contributed by atoms with E-state index in [-0.39, 0.29) is 54.6 Å². The van der Waals surface area contributed by atoms with Gasteiger partial charge in [0, 0.05) is 31.7 Å². The molecule has 2 amide bonds. The standard InChI is InChI=1S/C22H30N4O5S/c1-14(2)19(23-21(27)18-8-6-7-15(3)13-18)22(28)25-9-11-26(12-10-25)32(29,30)20-16(4)24-31-17(20)5/h6-8,13-14,19H,9-12H2,1-5H3,(H,23,27). The summed E-state index contributed by atoms with van der Waals surface area (Å²) in [5.74, 6) is -0.393. The molecule has 0 aliphatic carbocycles. The van der Waals surface area contributed by atoms with E-state index in [9.17, 15) is 18.0 Å². The summed E-state index contributed by atoms with van der Waals surface area (Å²) in [7, 11) is -3.76. The largest absolute Gasteiger partial charge is 0.360 e. The van der Waals surface area contributed by atoms with Crippen LogP contribution in [0.25, 0.3) is 0 Å². The molecule has 10 heteroatoms. The summed E-state index contributed by atoms with van der Waals surface area (Å²) in [6, 6.07) is 6.49. The van der Waals surface area contributed by atoms with Gasteiger partial charge in [-0.2, -0.15) is 4.31 Å². The summed E-state index contributed by atoms with van der Waals surface area (Å²) in [6.07, 6.45) is 0. The molecular weight excluding hydrogens is 432 g/mol. The van der Waals surface area contributed by atoms with Crippen LogP contribution in [0, 0.1) is 26.7 Å². The fraction of sp³-hybridized carbons (Fsp3) is 0.500. The molecule has 1 N–H and O–H groups in total. The molecule has 9 nitrogen and oxygen atoms in total. The number of sulfonamides is 1. The lowest BCUT2D eigenvalue weighted by atomic mass is 10.0. The first kappa shape index (κ1) is 23.9. The van der Waals surface area contributed by atoms with Crippen LogP contribution in [-0.2, 0) is 14.8 Å². The fourth-order valence-electron chi connectivity index (χ4n) is 3.84. The number of nitrogens with one attached hydrogen (secondary N) is 1. The highest BCUT2D eigenvalue weighted by Gasteiger charge is 2.36. The van der Waals surface area contributed by atoms with Crippen molar-refractivity contribution in [2.75, 3.05) is 26.2 Å². The van der Waals surface area contributed by atoms with E-state index in [0.717, 1.165) is 5.56 Å². The number of nitrogens with zero attached hydrogens (tertiary/aromatic N) is 3. The maximum Gasteiger partial charge on any atom is 0.251 e. The summed E-state index contributed by atoms with van der Waals surface area (Å²) in [6.45, 7) is 9.61. The lowest BCUT2D eigenvalue weighted by molar-refractivity contribution is -0.135. The zero-order valence-corrected chi connectivity index (χ0v) is 19.9. The van der Waals surface area contributed by atoms with Crippen molar-refractivity contribution in [2.45, 2.75) is 45.6 Å². The third-order valence-electron chi connectivity index (χ3n) is 5.62. The molecule has 1 aliphatic heterocycles. The highest BCUT2D eigenvalue weighted by atomic mass is 32.2. The molecule has 2 aromatic rings. The minimum Gasteiger partial charge on any atom is -0.360 e. The Morgan fingerprint density at radius 3 is 2.28 bits per heavy atom.